The molecule has 5 heteroatoms. The molecule has 0 aliphatic heterocycles. The van der Waals surface area contributed by atoms with Crippen LogP contribution in [0.2, 0.25) is 0 Å². The predicted molar refractivity (Wildman–Crippen MR) is 85.8 cm³/mol. The third kappa shape index (κ3) is 3.20. The van der Waals surface area contributed by atoms with E-state index in [1.54, 1.807) is 0 Å². The van der Waals surface area contributed by atoms with Crippen molar-refractivity contribution in [2.24, 2.45) is 5.10 Å². The number of para-hydroxylation sites is 1. The van der Waals surface area contributed by atoms with E-state index in [0.29, 0.717) is 23.8 Å². The van der Waals surface area contributed by atoms with E-state index in [-0.39, 0.29) is 0 Å². The number of aromatic nitrogens is 2. The summed E-state index contributed by atoms with van der Waals surface area (Å²) in [4.78, 5) is 4.37. The molecule has 3 aromatic rings. The number of benzene rings is 2. The van der Waals surface area contributed by atoms with Crippen LogP contribution in [0.15, 0.2) is 70.3 Å². The fourth-order valence-electron chi connectivity index (χ4n) is 1.97. The lowest BCUT2D eigenvalue weighted by Crippen LogP contribution is -2.08. The second-order valence-corrected chi connectivity index (χ2v) is 4.67. The van der Waals surface area contributed by atoms with E-state index in [1.165, 1.54) is 0 Å². The van der Waals surface area contributed by atoms with Crippen molar-refractivity contribution in [1.82, 2.24) is 10.1 Å². The van der Waals surface area contributed by atoms with Crippen molar-refractivity contribution in [2.45, 2.75) is 13.3 Å². The Labute approximate surface area is 128 Å². The zero-order chi connectivity index (χ0) is 15.2. The highest BCUT2D eigenvalue weighted by atomic mass is 16.5. The number of nitrogens with one attached hydrogen (secondary N) is 1. The third-order valence-electron chi connectivity index (χ3n) is 3.10. The lowest BCUT2D eigenvalue weighted by Gasteiger charge is -2.04. The molecule has 0 amide bonds. The summed E-state index contributed by atoms with van der Waals surface area (Å²) in [6, 6.07) is 19.5. The summed E-state index contributed by atoms with van der Waals surface area (Å²) in [6.07, 6.45) is 0.696. The minimum absolute atomic E-state index is 0.478. The van der Waals surface area contributed by atoms with Crippen LogP contribution >= 0.6 is 0 Å². The van der Waals surface area contributed by atoms with Crippen LogP contribution in [0.25, 0.3) is 0 Å². The van der Waals surface area contributed by atoms with Gasteiger partial charge in [0.05, 0.1) is 5.69 Å². The zero-order valence-electron chi connectivity index (χ0n) is 12.2. The first-order chi connectivity index (χ1) is 10.9. The summed E-state index contributed by atoms with van der Waals surface area (Å²) >= 11 is 0. The van der Waals surface area contributed by atoms with Crippen LogP contribution in [-0.4, -0.2) is 15.9 Å². The molecule has 5 nitrogen and oxygen atoms in total. The Bertz CT molecular complexity index is 751. The van der Waals surface area contributed by atoms with Crippen molar-refractivity contribution >= 4 is 11.4 Å². The number of hydrogen-bond acceptors (Lipinski definition) is 5. The Morgan fingerprint density at radius 1 is 1.05 bits per heavy atom. The maximum Gasteiger partial charge on any atom is 0.226 e. The molecule has 0 saturated carbocycles. The van der Waals surface area contributed by atoms with E-state index in [2.05, 4.69) is 20.7 Å². The summed E-state index contributed by atoms with van der Waals surface area (Å²) in [6.45, 7) is 1.97. The number of aryl methyl sites for hydroxylation is 1. The monoisotopic (exact) mass is 292 g/mol. The largest absolute Gasteiger partial charge is 0.339 e. The molecule has 0 saturated heterocycles. The van der Waals surface area contributed by atoms with Gasteiger partial charge in [-0.15, -0.1) is 0 Å². The quantitative estimate of drug-likeness (QED) is 0.577. The van der Waals surface area contributed by atoms with E-state index in [9.17, 15) is 0 Å². The van der Waals surface area contributed by atoms with Crippen LogP contribution in [0.3, 0.4) is 0 Å². The van der Waals surface area contributed by atoms with Gasteiger partial charge >= 0.3 is 0 Å². The molecule has 1 heterocycles. The highest BCUT2D eigenvalue weighted by Crippen LogP contribution is 2.11. The Morgan fingerprint density at radius 3 is 2.36 bits per heavy atom. The summed E-state index contributed by atoms with van der Waals surface area (Å²) in [5.74, 6) is 1.07. The molecule has 0 aliphatic rings. The van der Waals surface area contributed by atoms with Crippen LogP contribution < -0.4 is 5.43 Å². The van der Waals surface area contributed by atoms with Crippen LogP contribution in [0.5, 0.6) is 0 Å². The van der Waals surface area contributed by atoms with Gasteiger partial charge in [-0.2, -0.15) is 10.1 Å². The maximum atomic E-state index is 5.20. The first-order valence-corrected chi connectivity index (χ1v) is 7.14. The molecule has 0 fully saturated rings. The average molecular weight is 292 g/mol. The molecule has 0 aliphatic carbocycles. The fourth-order valence-corrected chi connectivity index (χ4v) is 1.97. The minimum atomic E-state index is 0.478. The number of nitrogens with zero attached hydrogens (tertiary/aromatic N) is 3. The highest BCUT2D eigenvalue weighted by Gasteiger charge is 2.14. The number of rotatable bonds is 5. The van der Waals surface area contributed by atoms with E-state index in [4.69, 9.17) is 4.52 Å². The molecule has 2 aromatic carbocycles. The third-order valence-corrected chi connectivity index (χ3v) is 3.10. The predicted octanol–water partition coefficient (Wildman–Crippen LogP) is 3.50. The molecule has 0 bridgehead atoms. The molecule has 0 spiro atoms. The maximum absolute atomic E-state index is 5.20. The van der Waals surface area contributed by atoms with Gasteiger partial charge in [0.25, 0.3) is 0 Å². The Kier molecular flexibility index (Phi) is 4.25. The zero-order valence-corrected chi connectivity index (χ0v) is 12.2. The second kappa shape index (κ2) is 6.67. The van der Waals surface area contributed by atoms with Gasteiger partial charge in [0, 0.05) is 12.0 Å². The summed E-state index contributed by atoms with van der Waals surface area (Å²) in [7, 11) is 0. The molecular weight excluding hydrogens is 276 g/mol. The van der Waals surface area contributed by atoms with Crippen LogP contribution in [0.1, 0.15) is 24.2 Å². The summed E-state index contributed by atoms with van der Waals surface area (Å²) in [5.41, 5.74) is 5.51. The molecular formula is C17H16N4O. The van der Waals surface area contributed by atoms with E-state index in [0.717, 1.165) is 11.3 Å². The average Bonchev–Trinajstić information content (AvgIpc) is 3.06. The first kappa shape index (κ1) is 14.0. The number of hydrogen-bond donors (Lipinski definition) is 1. The topological polar surface area (TPSA) is 63.3 Å². The molecule has 0 unspecified atom stereocenters. The molecule has 0 atom stereocenters. The molecule has 0 radical (unpaired) electrons. The first-order valence-electron chi connectivity index (χ1n) is 7.14. The van der Waals surface area contributed by atoms with E-state index >= 15 is 0 Å². The van der Waals surface area contributed by atoms with E-state index < -0.39 is 0 Å². The van der Waals surface area contributed by atoms with Gasteiger partial charge in [0.2, 0.25) is 11.7 Å². The van der Waals surface area contributed by atoms with Crippen molar-refractivity contribution in [3.8, 4) is 0 Å². The van der Waals surface area contributed by atoms with Gasteiger partial charge in [-0.1, -0.05) is 60.6 Å². The Hall–Kier alpha value is -2.95. The van der Waals surface area contributed by atoms with Gasteiger partial charge < -0.3 is 4.52 Å². The standard InChI is InChI=1S/C17H16N4O/c1-2-15-18-17(21-22-15)16(13-9-5-3-6-10-13)20-19-14-11-7-4-8-12-14/h3-12,19H,2H2,1H3/b20-16+. The van der Waals surface area contributed by atoms with Gasteiger partial charge in [-0.25, -0.2) is 0 Å². The van der Waals surface area contributed by atoms with E-state index in [1.807, 2.05) is 67.6 Å². The van der Waals surface area contributed by atoms with Gasteiger partial charge in [-0.05, 0) is 12.1 Å². The van der Waals surface area contributed by atoms with Crippen molar-refractivity contribution in [3.63, 3.8) is 0 Å². The highest BCUT2D eigenvalue weighted by molar-refractivity contribution is 6.10. The van der Waals surface area contributed by atoms with Gasteiger partial charge in [-0.3, -0.25) is 5.43 Å². The lowest BCUT2D eigenvalue weighted by atomic mass is 10.1. The van der Waals surface area contributed by atoms with Gasteiger partial charge in [0.1, 0.15) is 5.71 Å². The smallest absolute Gasteiger partial charge is 0.226 e. The minimum Gasteiger partial charge on any atom is -0.339 e. The second-order valence-electron chi connectivity index (χ2n) is 4.67. The molecule has 1 aromatic heterocycles. The Balaban J connectivity index is 1.96. The van der Waals surface area contributed by atoms with Crippen LogP contribution in [0, 0.1) is 0 Å². The van der Waals surface area contributed by atoms with Crippen LogP contribution in [0.4, 0.5) is 5.69 Å². The molecule has 22 heavy (non-hydrogen) atoms. The van der Waals surface area contributed by atoms with Gasteiger partial charge in [0.15, 0.2) is 0 Å². The molecule has 110 valence electrons. The van der Waals surface area contributed by atoms with Crippen molar-refractivity contribution in [3.05, 3.63) is 77.9 Å². The van der Waals surface area contributed by atoms with Crippen molar-refractivity contribution in [1.29, 1.82) is 0 Å². The number of anilines is 1. The Morgan fingerprint density at radius 2 is 1.73 bits per heavy atom. The summed E-state index contributed by atoms with van der Waals surface area (Å²) in [5, 5.41) is 8.48. The van der Waals surface area contributed by atoms with Crippen molar-refractivity contribution < 1.29 is 4.52 Å². The molecule has 1 N–H and O–H groups in total. The number of hydrazone groups is 1. The summed E-state index contributed by atoms with van der Waals surface area (Å²) < 4.78 is 5.20. The fraction of sp³-hybridized carbons (Fsp3) is 0.118. The van der Waals surface area contributed by atoms with Crippen LogP contribution in [-0.2, 0) is 6.42 Å². The lowest BCUT2D eigenvalue weighted by molar-refractivity contribution is 0.380. The van der Waals surface area contributed by atoms with Crippen molar-refractivity contribution in [2.75, 3.05) is 5.43 Å². The normalized spacial score (nSPS) is 11.4. The SMILES string of the molecule is CCc1nc(/C(=N/Nc2ccccc2)c2ccccc2)no1. The molecule has 3 rings (SSSR count).